The zero-order chi connectivity index (χ0) is 14.0. The first kappa shape index (κ1) is 18.0. The normalized spacial score (nSPS) is 15.3. The average Bonchev–Trinajstić information content (AvgIpc) is 2.36. The highest BCUT2D eigenvalue weighted by molar-refractivity contribution is 4.68. The summed E-state index contributed by atoms with van der Waals surface area (Å²) < 4.78 is 0. The Morgan fingerprint density at radius 3 is 1.94 bits per heavy atom. The Bertz CT molecular complexity index is 176. The molecule has 0 radical (unpaired) electrons. The van der Waals surface area contributed by atoms with E-state index in [9.17, 15) is 0 Å². The van der Waals surface area contributed by atoms with Crippen LogP contribution in [0, 0.1) is 17.8 Å². The molecule has 0 aliphatic heterocycles. The van der Waals surface area contributed by atoms with Crippen molar-refractivity contribution >= 4 is 0 Å². The minimum absolute atomic E-state index is 0.842. The lowest BCUT2D eigenvalue weighted by Crippen LogP contribution is -2.28. The van der Waals surface area contributed by atoms with Gasteiger partial charge >= 0.3 is 0 Å². The van der Waals surface area contributed by atoms with E-state index in [1.165, 1.54) is 51.7 Å². The summed E-state index contributed by atoms with van der Waals surface area (Å²) in [6.07, 6.45) is 6.85. The molecule has 0 N–H and O–H groups in total. The summed E-state index contributed by atoms with van der Waals surface area (Å²) in [5.41, 5.74) is 0. The molecule has 0 aliphatic carbocycles. The third-order valence-corrected chi connectivity index (χ3v) is 4.47. The maximum Gasteiger partial charge on any atom is -0.00161 e. The summed E-state index contributed by atoms with van der Waals surface area (Å²) in [7, 11) is 0. The predicted octanol–water partition coefficient (Wildman–Crippen LogP) is 5.21. The molecule has 0 aromatic rings. The number of hydrogen-bond acceptors (Lipinski definition) is 1. The quantitative estimate of drug-likeness (QED) is 0.490. The van der Waals surface area contributed by atoms with Crippen LogP contribution in [0.2, 0.25) is 0 Å². The van der Waals surface area contributed by atoms with Gasteiger partial charge in [0, 0.05) is 0 Å². The van der Waals surface area contributed by atoms with Crippen LogP contribution in [0.15, 0.2) is 0 Å². The van der Waals surface area contributed by atoms with E-state index in [-0.39, 0.29) is 0 Å². The third-order valence-electron chi connectivity index (χ3n) is 4.47. The lowest BCUT2D eigenvalue weighted by molar-refractivity contribution is 0.227. The lowest BCUT2D eigenvalue weighted by atomic mass is 9.85. The number of nitrogens with zero attached hydrogens (tertiary/aromatic N) is 1. The molecule has 0 bridgehead atoms. The molecule has 18 heavy (non-hydrogen) atoms. The van der Waals surface area contributed by atoms with E-state index in [2.05, 4.69) is 46.4 Å². The van der Waals surface area contributed by atoms with E-state index >= 15 is 0 Å². The third kappa shape index (κ3) is 8.13. The summed E-state index contributed by atoms with van der Waals surface area (Å²) in [4.78, 5) is 2.61. The Kier molecular flexibility index (Phi) is 10.8. The largest absolute Gasteiger partial charge is 0.304 e. The molecular weight excluding hydrogens is 218 g/mol. The fourth-order valence-corrected chi connectivity index (χ4v) is 2.61. The van der Waals surface area contributed by atoms with E-state index in [0.29, 0.717) is 0 Å². The van der Waals surface area contributed by atoms with Crippen LogP contribution < -0.4 is 0 Å². The number of rotatable bonds is 11. The van der Waals surface area contributed by atoms with Crippen LogP contribution in [-0.4, -0.2) is 24.5 Å². The molecule has 0 amide bonds. The molecule has 0 fully saturated rings. The van der Waals surface area contributed by atoms with Gasteiger partial charge in [-0.2, -0.15) is 0 Å². The molecule has 1 nitrogen and oxygen atoms in total. The Labute approximate surface area is 116 Å². The van der Waals surface area contributed by atoms with Gasteiger partial charge in [0.15, 0.2) is 0 Å². The molecule has 0 aliphatic rings. The molecule has 0 rings (SSSR count). The summed E-state index contributed by atoms with van der Waals surface area (Å²) in [5, 5.41) is 0. The maximum absolute atomic E-state index is 2.61. The Morgan fingerprint density at radius 2 is 1.50 bits per heavy atom. The van der Waals surface area contributed by atoms with Crippen molar-refractivity contribution in [3.63, 3.8) is 0 Å². The monoisotopic (exact) mass is 255 g/mol. The van der Waals surface area contributed by atoms with Crippen molar-refractivity contribution in [3.8, 4) is 0 Å². The van der Waals surface area contributed by atoms with Crippen LogP contribution in [-0.2, 0) is 0 Å². The molecule has 0 aromatic heterocycles. The second kappa shape index (κ2) is 10.8. The van der Waals surface area contributed by atoms with E-state index in [1.54, 1.807) is 0 Å². The van der Waals surface area contributed by atoms with Crippen molar-refractivity contribution in [3.05, 3.63) is 0 Å². The summed E-state index contributed by atoms with van der Waals surface area (Å²) >= 11 is 0. The second-order valence-electron chi connectivity index (χ2n) is 6.32. The molecule has 0 heterocycles. The topological polar surface area (TPSA) is 3.24 Å². The Hall–Kier alpha value is -0.0400. The fourth-order valence-electron chi connectivity index (χ4n) is 2.61. The molecule has 2 unspecified atom stereocenters. The fraction of sp³-hybridized carbons (Fsp3) is 1.00. The van der Waals surface area contributed by atoms with Crippen LogP contribution in [0.3, 0.4) is 0 Å². The summed E-state index contributed by atoms with van der Waals surface area (Å²) in [5.74, 6) is 2.67. The van der Waals surface area contributed by atoms with Crippen molar-refractivity contribution in [2.24, 2.45) is 17.8 Å². The SMILES string of the molecule is CCCN(CC)CCC(CCC(C)CC)C(C)C. The molecule has 0 spiro atoms. The average molecular weight is 255 g/mol. The Morgan fingerprint density at radius 1 is 0.833 bits per heavy atom. The van der Waals surface area contributed by atoms with Crippen molar-refractivity contribution in [2.75, 3.05) is 19.6 Å². The molecule has 2 atom stereocenters. The Balaban J connectivity index is 4.02. The first-order valence-corrected chi connectivity index (χ1v) is 8.27. The van der Waals surface area contributed by atoms with Crippen molar-refractivity contribution < 1.29 is 0 Å². The van der Waals surface area contributed by atoms with Gasteiger partial charge in [-0.1, -0.05) is 54.4 Å². The minimum Gasteiger partial charge on any atom is -0.304 e. The van der Waals surface area contributed by atoms with Gasteiger partial charge in [-0.15, -0.1) is 0 Å². The smallest absolute Gasteiger partial charge is 0.00161 e. The van der Waals surface area contributed by atoms with Crippen molar-refractivity contribution in [1.82, 2.24) is 4.90 Å². The van der Waals surface area contributed by atoms with Gasteiger partial charge in [-0.3, -0.25) is 0 Å². The van der Waals surface area contributed by atoms with E-state index in [0.717, 1.165) is 17.8 Å². The zero-order valence-electron chi connectivity index (χ0n) is 13.8. The van der Waals surface area contributed by atoms with E-state index in [4.69, 9.17) is 0 Å². The van der Waals surface area contributed by atoms with Gasteiger partial charge in [0.2, 0.25) is 0 Å². The highest BCUT2D eigenvalue weighted by Gasteiger charge is 2.15. The molecule has 110 valence electrons. The van der Waals surface area contributed by atoms with Gasteiger partial charge in [0.25, 0.3) is 0 Å². The molecule has 0 saturated heterocycles. The van der Waals surface area contributed by atoms with Gasteiger partial charge in [-0.25, -0.2) is 0 Å². The second-order valence-corrected chi connectivity index (χ2v) is 6.32. The van der Waals surface area contributed by atoms with Crippen LogP contribution in [0.1, 0.15) is 73.6 Å². The van der Waals surface area contributed by atoms with Gasteiger partial charge < -0.3 is 4.90 Å². The minimum atomic E-state index is 0.842. The number of hydrogen-bond donors (Lipinski definition) is 0. The van der Waals surface area contributed by atoms with Crippen LogP contribution in [0.4, 0.5) is 0 Å². The van der Waals surface area contributed by atoms with Crippen molar-refractivity contribution in [2.45, 2.75) is 73.6 Å². The van der Waals surface area contributed by atoms with Gasteiger partial charge in [-0.05, 0) is 56.7 Å². The molecule has 0 aromatic carbocycles. The van der Waals surface area contributed by atoms with Gasteiger partial charge in [0.1, 0.15) is 0 Å². The lowest BCUT2D eigenvalue weighted by Gasteiger charge is -2.26. The van der Waals surface area contributed by atoms with Gasteiger partial charge in [0.05, 0.1) is 0 Å². The van der Waals surface area contributed by atoms with Crippen LogP contribution in [0.5, 0.6) is 0 Å². The first-order valence-electron chi connectivity index (χ1n) is 8.27. The molecular formula is C17H37N. The van der Waals surface area contributed by atoms with Crippen LogP contribution >= 0.6 is 0 Å². The molecule has 0 saturated carbocycles. The standard InChI is InChI=1S/C17H37N/c1-7-13-18(9-3)14-12-17(15(4)5)11-10-16(6)8-2/h15-17H,7-14H2,1-6H3. The molecule has 1 heteroatoms. The van der Waals surface area contributed by atoms with E-state index < -0.39 is 0 Å². The zero-order valence-corrected chi connectivity index (χ0v) is 13.8. The highest BCUT2D eigenvalue weighted by atomic mass is 15.1. The highest BCUT2D eigenvalue weighted by Crippen LogP contribution is 2.24. The van der Waals surface area contributed by atoms with Crippen LogP contribution in [0.25, 0.3) is 0 Å². The first-order chi connectivity index (χ1) is 8.54. The summed E-state index contributed by atoms with van der Waals surface area (Å²) in [6.45, 7) is 17.9. The van der Waals surface area contributed by atoms with Crippen molar-refractivity contribution in [1.29, 1.82) is 0 Å². The maximum atomic E-state index is 2.61. The summed E-state index contributed by atoms with van der Waals surface area (Å²) in [6, 6.07) is 0. The predicted molar refractivity (Wildman–Crippen MR) is 84.0 cm³/mol. The van der Waals surface area contributed by atoms with E-state index in [1.807, 2.05) is 0 Å².